The summed E-state index contributed by atoms with van der Waals surface area (Å²) in [6.07, 6.45) is 4.51. The van der Waals surface area contributed by atoms with Gasteiger partial charge in [-0.25, -0.2) is 0 Å². The molecule has 0 radical (unpaired) electrons. The maximum atomic E-state index is 12.8. The van der Waals surface area contributed by atoms with Gasteiger partial charge in [0.25, 0.3) is 0 Å². The van der Waals surface area contributed by atoms with Gasteiger partial charge in [0, 0.05) is 25.6 Å². The van der Waals surface area contributed by atoms with Gasteiger partial charge >= 0.3 is 0 Å². The number of carbonyl (C=O) groups excluding carboxylic acids is 1. The molecule has 1 amide bonds. The number of likely N-dealkylation sites (tertiary alicyclic amines) is 2. The molecular formula is C28H39N3O. The Hall–Kier alpha value is -2.17. The number of aryl methyl sites for hydroxylation is 1. The van der Waals surface area contributed by atoms with Crippen LogP contribution in [0, 0.1) is 18.8 Å². The molecule has 1 N–H and O–H groups in total. The van der Waals surface area contributed by atoms with Crippen molar-refractivity contribution in [1.29, 1.82) is 0 Å². The van der Waals surface area contributed by atoms with Gasteiger partial charge in [0.15, 0.2) is 0 Å². The summed E-state index contributed by atoms with van der Waals surface area (Å²) in [7, 11) is 0. The highest BCUT2D eigenvalue weighted by Crippen LogP contribution is 2.21. The fourth-order valence-corrected chi connectivity index (χ4v) is 4.95. The zero-order chi connectivity index (χ0) is 22.3. The zero-order valence-corrected chi connectivity index (χ0v) is 19.9. The molecule has 0 spiro atoms. The topological polar surface area (TPSA) is 35.6 Å². The minimum atomic E-state index is 0.141. The molecule has 0 aliphatic carbocycles. The van der Waals surface area contributed by atoms with E-state index < -0.39 is 0 Å². The van der Waals surface area contributed by atoms with Crippen LogP contribution in [-0.4, -0.2) is 41.9 Å². The van der Waals surface area contributed by atoms with Crippen molar-refractivity contribution in [2.45, 2.75) is 59.2 Å². The molecule has 2 aromatic rings. The molecule has 0 unspecified atom stereocenters. The van der Waals surface area contributed by atoms with Gasteiger partial charge in [-0.3, -0.25) is 14.6 Å². The molecular weight excluding hydrogens is 394 g/mol. The monoisotopic (exact) mass is 433 g/mol. The Kier molecular flexibility index (Phi) is 7.99. The molecule has 2 aliphatic rings. The highest BCUT2D eigenvalue weighted by atomic mass is 16.1. The van der Waals surface area contributed by atoms with Crippen LogP contribution in [0.4, 0.5) is 0 Å². The van der Waals surface area contributed by atoms with Gasteiger partial charge in [-0.05, 0) is 81.4 Å². The average Bonchev–Trinajstić information content (AvgIpc) is 2.81. The smallest absolute Gasteiger partial charge is 0.223 e. The molecule has 0 atom stereocenters. The van der Waals surface area contributed by atoms with Crippen LogP contribution >= 0.6 is 0 Å². The minimum Gasteiger partial charge on any atom is -0.352 e. The second kappa shape index (κ2) is 11.1. The number of hydrogen-bond acceptors (Lipinski definition) is 3. The number of hydrogen-bond donors (Lipinski definition) is 1. The maximum Gasteiger partial charge on any atom is 0.223 e. The van der Waals surface area contributed by atoms with Gasteiger partial charge in [-0.15, -0.1) is 0 Å². The number of carbonyl (C=O) groups is 1. The molecule has 2 aromatic carbocycles. The Labute approximate surface area is 194 Å². The average molecular weight is 434 g/mol. The molecule has 172 valence electrons. The summed E-state index contributed by atoms with van der Waals surface area (Å²) in [5, 5.41) is 3.21. The van der Waals surface area contributed by atoms with Gasteiger partial charge in [0.1, 0.15) is 0 Å². The van der Waals surface area contributed by atoms with E-state index in [-0.39, 0.29) is 11.8 Å². The molecule has 4 heteroatoms. The molecule has 2 saturated heterocycles. The summed E-state index contributed by atoms with van der Waals surface area (Å²) in [6.45, 7) is 11.5. The number of nitrogens with zero attached hydrogens (tertiary/aromatic N) is 2. The lowest BCUT2D eigenvalue weighted by molar-refractivity contribution is -0.126. The standard InChI is InChI=1S/C28H39N3O/c1-22-6-8-24(9-7-22)20-31-16-12-27(13-17-31)28(32)29-19-25-4-3-5-26(18-25)21-30-14-10-23(2)11-15-30/h3-9,18,23,27H,10-17,19-21H2,1-2H3,(H,29,32). The Balaban J connectivity index is 1.20. The Morgan fingerprint density at radius 1 is 0.844 bits per heavy atom. The number of nitrogens with one attached hydrogen (secondary N) is 1. The first-order valence-electron chi connectivity index (χ1n) is 12.4. The lowest BCUT2D eigenvalue weighted by Crippen LogP contribution is -2.40. The second-order valence-electron chi connectivity index (χ2n) is 10.0. The molecule has 0 aromatic heterocycles. The third kappa shape index (κ3) is 6.66. The van der Waals surface area contributed by atoms with Crippen LogP contribution in [0.3, 0.4) is 0 Å². The van der Waals surface area contributed by atoms with E-state index in [1.54, 1.807) is 0 Å². The zero-order valence-electron chi connectivity index (χ0n) is 19.9. The normalized spacial score (nSPS) is 19.2. The second-order valence-corrected chi connectivity index (χ2v) is 10.0. The van der Waals surface area contributed by atoms with Crippen LogP contribution in [0.15, 0.2) is 48.5 Å². The fraction of sp³-hybridized carbons (Fsp3) is 0.536. The Morgan fingerprint density at radius 2 is 1.44 bits per heavy atom. The molecule has 0 saturated carbocycles. The van der Waals surface area contributed by atoms with Crippen LogP contribution in [0.2, 0.25) is 0 Å². The van der Waals surface area contributed by atoms with E-state index in [4.69, 9.17) is 0 Å². The summed E-state index contributed by atoms with van der Waals surface area (Å²) in [4.78, 5) is 17.8. The summed E-state index contributed by atoms with van der Waals surface area (Å²) in [5.41, 5.74) is 5.22. The number of benzene rings is 2. The van der Waals surface area contributed by atoms with Gasteiger partial charge in [-0.1, -0.05) is 61.0 Å². The van der Waals surface area contributed by atoms with E-state index in [9.17, 15) is 4.79 Å². The third-order valence-corrected chi connectivity index (χ3v) is 7.23. The van der Waals surface area contributed by atoms with Crippen molar-refractivity contribution >= 4 is 5.91 Å². The van der Waals surface area contributed by atoms with E-state index in [0.717, 1.165) is 44.9 Å². The van der Waals surface area contributed by atoms with E-state index >= 15 is 0 Å². The van der Waals surface area contributed by atoms with Gasteiger partial charge in [0.2, 0.25) is 5.91 Å². The highest BCUT2D eigenvalue weighted by Gasteiger charge is 2.24. The van der Waals surface area contributed by atoms with Crippen LogP contribution in [0.1, 0.15) is 54.9 Å². The molecule has 2 aliphatic heterocycles. The lowest BCUT2D eigenvalue weighted by Gasteiger charge is -2.31. The summed E-state index contributed by atoms with van der Waals surface area (Å²) in [6, 6.07) is 17.5. The Bertz CT molecular complexity index is 863. The van der Waals surface area contributed by atoms with Gasteiger partial charge in [-0.2, -0.15) is 0 Å². The van der Waals surface area contributed by atoms with Crippen molar-refractivity contribution in [2.24, 2.45) is 11.8 Å². The summed E-state index contributed by atoms with van der Waals surface area (Å²) >= 11 is 0. The SMILES string of the molecule is Cc1ccc(CN2CCC(C(=O)NCc3cccc(CN4CCC(C)CC4)c3)CC2)cc1. The number of amides is 1. The molecule has 4 nitrogen and oxygen atoms in total. The van der Waals surface area contributed by atoms with Crippen LogP contribution < -0.4 is 5.32 Å². The minimum absolute atomic E-state index is 0.141. The fourth-order valence-electron chi connectivity index (χ4n) is 4.95. The van der Waals surface area contributed by atoms with Crippen molar-refractivity contribution < 1.29 is 4.79 Å². The molecule has 32 heavy (non-hydrogen) atoms. The van der Waals surface area contributed by atoms with Crippen molar-refractivity contribution in [3.63, 3.8) is 0 Å². The van der Waals surface area contributed by atoms with Crippen LogP contribution in [-0.2, 0) is 24.4 Å². The molecule has 4 rings (SSSR count). The highest BCUT2D eigenvalue weighted by molar-refractivity contribution is 5.78. The van der Waals surface area contributed by atoms with Crippen molar-refractivity contribution in [1.82, 2.24) is 15.1 Å². The van der Waals surface area contributed by atoms with Gasteiger partial charge < -0.3 is 5.32 Å². The number of rotatable bonds is 7. The van der Waals surface area contributed by atoms with Crippen molar-refractivity contribution in [3.8, 4) is 0 Å². The summed E-state index contributed by atoms with van der Waals surface area (Å²) in [5.74, 6) is 1.22. The van der Waals surface area contributed by atoms with E-state index in [2.05, 4.69) is 77.5 Å². The lowest BCUT2D eigenvalue weighted by atomic mass is 9.95. The first-order chi connectivity index (χ1) is 15.5. The van der Waals surface area contributed by atoms with Crippen molar-refractivity contribution in [2.75, 3.05) is 26.2 Å². The van der Waals surface area contributed by atoms with E-state index in [1.165, 1.54) is 48.2 Å². The Morgan fingerprint density at radius 3 is 2.12 bits per heavy atom. The van der Waals surface area contributed by atoms with Crippen molar-refractivity contribution in [3.05, 3.63) is 70.8 Å². The number of piperidine rings is 2. The predicted molar refractivity (Wildman–Crippen MR) is 131 cm³/mol. The van der Waals surface area contributed by atoms with Gasteiger partial charge in [0.05, 0.1) is 0 Å². The first-order valence-corrected chi connectivity index (χ1v) is 12.4. The van der Waals surface area contributed by atoms with Crippen LogP contribution in [0.25, 0.3) is 0 Å². The van der Waals surface area contributed by atoms with E-state index in [0.29, 0.717) is 6.54 Å². The largest absolute Gasteiger partial charge is 0.352 e. The third-order valence-electron chi connectivity index (χ3n) is 7.23. The first kappa shape index (κ1) is 23.0. The summed E-state index contributed by atoms with van der Waals surface area (Å²) < 4.78 is 0. The van der Waals surface area contributed by atoms with E-state index in [1.807, 2.05) is 0 Å². The molecule has 2 fully saturated rings. The predicted octanol–water partition coefficient (Wildman–Crippen LogP) is 4.76. The molecule has 0 bridgehead atoms. The maximum absolute atomic E-state index is 12.8. The van der Waals surface area contributed by atoms with Crippen LogP contribution in [0.5, 0.6) is 0 Å². The quantitative estimate of drug-likeness (QED) is 0.684. The molecule has 2 heterocycles.